The van der Waals surface area contributed by atoms with E-state index in [-0.39, 0.29) is 23.9 Å². The lowest BCUT2D eigenvalue weighted by molar-refractivity contribution is 0.0698. The molecule has 3 rings (SSSR count). The number of benzene rings is 1. The molecule has 1 amide bonds. The number of piperazine rings is 1. The maximum absolute atomic E-state index is 12.9. The molecule has 8 heteroatoms. The van der Waals surface area contributed by atoms with Gasteiger partial charge in [-0.3, -0.25) is 9.78 Å². The van der Waals surface area contributed by atoms with Crippen molar-refractivity contribution in [1.29, 1.82) is 0 Å². The summed E-state index contributed by atoms with van der Waals surface area (Å²) in [6.45, 7) is 7.55. The predicted molar refractivity (Wildman–Crippen MR) is 118 cm³/mol. The van der Waals surface area contributed by atoms with Crippen molar-refractivity contribution in [3.8, 4) is 0 Å². The van der Waals surface area contributed by atoms with E-state index in [9.17, 15) is 13.2 Å². The molecule has 1 aliphatic rings. The van der Waals surface area contributed by atoms with Crippen LogP contribution in [-0.4, -0.2) is 67.8 Å². The molecule has 0 radical (unpaired) electrons. The Morgan fingerprint density at radius 2 is 1.77 bits per heavy atom. The van der Waals surface area contributed by atoms with Crippen LogP contribution in [0, 0.1) is 0 Å². The van der Waals surface area contributed by atoms with Gasteiger partial charge in [-0.1, -0.05) is 13.3 Å². The highest BCUT2D eigenvalue weighted by Crippen LogP contribution is 2.20. The van der Waals surface area contributed by atoms with E-state index in [2.05, 4.69) is 23.7 Å². The number of unbranched alkanes of at least 4 members (excludes halogenated alkanes) is 1. The molecule has 0 aliphatic carbocycles. The highest BCUT2D eigenvalue weighted by Gasteiger charge is 2.30. The molecule has 1 aromatic carbocycles. The smallest absolute Gasteiger partial charge is 0.253 e. The molecule has 2 heterocycles. The number of aromatic nitrogens is 1. The minimum atomic E-state index is -3.57. The second kappa shape index (κ2) is 10.0. The van der Waals surface area contributed by atoms with Crippen molar-refractivity contribution >= 4 is 21.6 Å². The molecule has 0 saturated carbocycles. The van der Waals surface area contributed by atoms with Crippen molar-refractivity contribution in [3.63, 3.8) is 0 Å². The third-order valence-corrected chi connectivity index (χ3v) is 7.32. The van der Waals surface area contributed by atoms with Crippen molar-refractivity contribution < 1.29 is 13.2 Å². The molecule has 30 heavy (non-hydrogen) atoms. The van der Waals surface area contributed by atoms with Gasteiger partial charge < -0.3 is 9.80 Å². The quantitative estimate of drug-likeness (QED) is 0.644. The number of amides is 1. The van der Waals surface area contributed by atoms with Crippen LogP contribution in [0.5, 0.6) is 0 Å². The van der Waals surface area contributed by atoms with E-state index < -0.39 is 10.0 Å². The zero-order chi connectivity index (χ0) is 21.6. The molecular weight excluding hydrogens is 400 g/mol. The molecule has 7 nitrogen and oxygen atoms in total. The maximum Gasteiger partial charge on any atom is 0.253 e. The van der Waals surface area contributed by atoms with Crippen LogP contribution in [0.25, 0.3) is 0 Å². The minimum absolute atomic E-state index is 0.0587. The van der Waals surface area contributed by atoms with Crippen LogP contribution in [0.15, 0.2) is 53.7 Å². The lowest BCUT2D eigenvalue weighted by Gasteiger charge is -2.34. The summed E-state index contributed by atoms with van der Waals surface area (Å²) in [5.74, 6) is -0.0587. The van der Waals surface area contributed by atoms with E-state index in [1.165, 1.54) is 10.5 Å². The summed E-state index contributed by atoms with van der Waals surface area (Å²) >= 11 is 0. The molecule has 1 saturated heterocycles. The summed E-state index contributed by atoms with van der Waals surface area (Å²) in [4.78, 5) is 21.0. The molecule has 0 atom stereocenters. The monoisotopic (exact) mass is 430 g/mol. The minimum Gasteiger partial charge on any atom is -0.372 e. The van der Waals surface area contributed by atoms with Gasteiger partial charge in [-0.2, -0.15) is 4.31 Å². The first kappa shape index (κ1) is 22.2. The van der Waals surface area contributed by atoms with Crippen LogP contribution in [0.1, 0.15) is 37.0 Å². The topological polar surface area (TPSA) is 73.8 Å². The number of anilines is 1. The Labute approximate surface area is 179 Å². The number of hydrogen-bond acceptors (Lipinski definition) is 5. The summed E-state index contributed by atoms with van der Waals surface area (Å²) in [6, 6.07) is 10.9. The highest BCUT2D eigenvalue weighted by atomic mass is 32.2. The van der Waals surface area contributed by atoms with E-state index in [4.69, 9.17) is 0 Å². The van der Waals surface area contributed by atoms with Crippen LogP contribution < -0.4 is 4.90 Å². The van der Waals surface area contributed by atoms with Gasteiger partial charge in [-0.05, 0) is 49.7 Å². The predicted octanol–water partition coefficient (Wildman–Crippen LogP) is 2.85. The molecule has 1 aliphatic heterocycles. The van der Waals surface area contributed by atoms with Crippen LogP contribution in [0.2, 0.25) is 0 Å². The SMILES string of the molecule is CCCCN(CC)c1ccc(C(=O)N2CCN(S(=O)(=O)c3cccnc3)CC2)cc1. The first-order valence-corrected chi connectivity index (χ1v) is 12.0. The molecule has 0 spiro atoms. The molecule has 1 fully saturated rings. The standard InChI is InChI=1S/C22H30N4O3S/c1-3-5-13-24(4-2)20-10-8-19(9-11-20)22(27)25-14-16-26(17-15-25)30(28,29)21-7-6-12-23-18-21/h6-12,18H,3-5,13-17H2,1-2H3. The maximum atomic E-state index is 12.9. The number of sulfonamides is 1. The molecule has 0 N–H and O–H groups in total. The number of carbonyl (C=O) groups excluding carboxylic acids is 1. The summed E-state index contributed by atoms with van der Waals surface area (Å²) < 4.78 is 26.9. The van der Waals surface area contributed by atoms with Crippen molar-refractivity contribution in [3.05, 3.63) is 54.4 Å². The van der Waals surface area contributed by atoms with Gasteiger partial charge >= 0.3 is 0 Å². The molecule has 1 aromatic heterocycles. The Hall–Kier alpha value is -2.45. The fourth-order valence-corrected chi connectivity index (χ4v) is 4.98. The lowest BCUT2D eigenvalue weighted by atomic mass is 10.1. The molecular formula is C22H30N4O3S. The fraction of sp³-hybridized carbons (Fsp3) is 0.455. The Morgan fingerprint density at radius 1 is 1.07 bits per heavy atom. The van der Waals surface area contributed by atoms with Crippen LogP contribution in [-0.2, 0) is 10.0 Å². The van der Waals surface area contributed by atoms with Crippen LogP contribution in [0.4, 0.5) is 5.69 Å². The third-order valence-electron chi connectivity index (χ3n) is 5.44. The fourth-order valence-electron chi connectivity index (χ4n) is 3.60. The van der Waals surface area contributed by atoms with Crippen molar-refractivity contribution in [1.82, 2.24) is 14.2 Å². The van der Waals surface area contributed by atoms with Gasteiger partial charge in [0.15, 0.2) is 0 Å². The van der Waals surface area contributed by atoms with Gasteiger partial charge in [-0.25, -0.2) is 8.42 Å². The van der Waals surface area contributed by atoms with Gasteiger partial charge in [0.25, 0.3) is 5.91 Å². The molecule has 0 unspecified atom stereocenters. The molecule has 0 bridgehead atoms. The Morgan fingerprint density at radius 3 is 2.33 bits per heavy atom. The van der Waals surface area contributed by atoms with Crippen LogP contribution in [0.3, 0.4) is 0 Å². The van der Waals surface area contributed by atoms with Crippen molar-refractivity contribution in [2.45, 2.75) is 31.6 Å². The first-order chi connectivity index (χ1) is 14.5. The number of rotatable bonds is 8. The van der Waals surface area contributed by atoms with E-state index in [0.29, 0.717) is 18.7 Å². The van der Waals surface area contributed by atoms with E-state index in [1.54, 1.807) is 23.2 Å². The van der Waals surface area contributed by atoms with Crippen molar-refractivity contribution in [2.24, 2.45) is 0 Å². The Bertz CT molecular complexity index is 925. The van der Waals surface area contributed by atoms with Gasteiger partial charge in [0.2, 0.25) is 10.0 Å². The zero-order valence-electron chi connectivity index (χ0n) is 17.7. The Kier molecular flexibility index (Phi) is 7.44. The summed E-state index contributed by atoms with van der Waals surface area (Å²) in [7, 11) is -3.57. The normalized spacial score (nSPS) is 15.2. The van der Waals surface area contributed by atoms with Gasteiger partial charge in [0, 0.05) is 62.9 Å². The molecule has 162 valence electrons. The zero-order valence-corrected chi connectivity index (χ0v) is 18.5. The summed E-state index contributed by atoms with van der Waals surface area (Å²) in [5, 5.41) is 0. The highest BCUT2D eigenvalue weighted by molar-refractivity contribution is 7.89. The first-order valence-electron chi connectivity index (χ1n) is 10.5. The average molecular weight is 431 g/mol. The summed E-state index contributed by atoms with van der Waals surface area (Å²) in [6.07, 6.45) is 5.19. The number of carbonyl (C=O) groups is 1. The number of nitrogens with zero attached hydrogens (tertiary/aromatic N) is 4. The average Bonchev–Trinajstić information content (AvgIpc) is 2.80. The third kappa shape index (κ3) is 4.99. The lowest BCUT2D eigenvalue weighted by Crippen LogP contribution is -2.50. The van der Waals surface area contributed by atoms with E-state index in [0.717, 1.165) is 31.6 Å². The molecule has 2 aromatic rings. The van der Waals surface area contributed by atoms with E-state index >= 15 is 0 Å². The number of hydrogen-bond donors (Lipinski definition) is 0. The van der Waals surface area contributed by atoms with Crippen LogP contribution >= 0.6 is 0 Å². The summed E-state index contributed by atoms with van der Waals surface area (Å²) in [5.41, 5.74) is 1.75. The van der Waals surface area contributed by atoms with Gasteiger partial charge in [0.1, 0.15) is 4.90 Å². The Balaban J connectivity index is 1.61. The van der Waals surface area contributed by atoms with E-state index in [1.807, 2.05) is 24.3 Å². The second-order valence-electron chi connectivity index (χ2n) is 7.37. The van der Waals surface area contributed by atoms with Gasteiger partial charge in [0.05, 0.1) is 0 Å². The number of pyridine rings is 1. The van der Waals surface area contributed by atoms with Crippen molar-refractivity contribution in [2.75, 3.05) is 44.2 Å². The largest absolute Gasteiger partial charge is 0.372 e. The second-order valence-corrected chi connectivity index (χ2v) is 9.30. The van der Waals surface area contributed by atoms with Gasteiger partial charge in [-0.15, -0.1) is 0 Å².